The fourth-order valence-corrected chi connectivity index (χ4v) is 2.37. The van der Waals surface area contributed by atoms with E-state index in [1.165, 1.54) is 17.7 Å². The predicted octanol–water partition coefficient (Wildman–Crippen LogP) is 2.98. The van der Waals surface area contributed by atoms with Crippen molar-refractivity contribution in [3.8, 4) is 11.3 Å². The van der Waals surface area contributed by atoms with Crippen molar-refractivity contribution < 1.29 is 0 Å². The number of nitrogens with zero attached hydrogens (tertiary/aromatic N) is 3. The van der Waals surface area contributed by atoms with Gasteiger partial charge in [0.15, 0.2) is 0 Å². The Labute approximate surface area is 121 Å². The van der Waals surface area contributed by atoms with Gasteiger partial charge in [0.1, 0.15) is 0 Å². The maximum atomic E-state index is 4.43. The molecule has 1 N–H and O–H groups in total. The molecule has 0 fully saturated rings. The largest absolute Gasteiger partial charge is 0.378 e. The van der Waals surface area contributed by atoms with Crippen molar-refractivity contribution in [1.82, 2.24) is 15.1 Å². The average Bonchev–Trinajstić information content (AvgIpc) is 2.87. The Hall–Kier alpha value is -1.81. The molecule has 0 radical (unpaired) electrons. The SMILES string of the molecule is CCCN(C)Cc1c[nH]nc1-c1cccc(N(C)C)c1. The number of aromatic amines is 1. The van der Waals surface area contributed by atoms with Crippen LogP contribution in [0.1, 0.15) is 18.9 Å². The first-order chi connectivity index (χ1) is 9.61. The van der Waals surface area contributed by atoms with Crippen LogP contribution in [-0.2, 0) is 6.54 Å². The second-order valence-corrected chi connectivity index (χ2v) is 5.44. The lowest BCUT2D eigenvalue weighted by atomic mass is 10.1. The van der Waals surface area contributed by atoms with Gasteiger partial charge in [-0.1, -0.05) is 19.1 Å². The van der Waals surface area contributed by atoms with Gasteiger partial charge in [-0.25, -0.2) is 0 Å². The zero-order valence-corrected chi connectivity index (χ0v) is 12.8. The summed E-state index contributed by atoms with van der Waals surface area (Å²) in [4.78, 5) is 4.43. The number of aromatic nitrogens is 2. The van der Waals surface area contributed by atoms with E-state index < -0.39 is 0 Å². The van der Waals surface area contributed by atoms with Gasteiger partial charge in [0.2, 0.25) is 0 Å². The fraction of sp³-hybridized carbons (Fsp3) is 0.438. The van der Waals surface area contributed by atoms with Crippen LogP contribution in [0.5, 0.6) is 0 Å². The zero-order chi connectivity index (χ0) is 14.5. The van der Waals surface area contributed by atoms with E-state index in [9.17, 15) is 0 Å². The van der Waals surface area contributed by atoms with E-state index >= 15 is 0 Å². The summed E-state index contributed by atoms with van der Waals surface area (Å²) < 4.78 is 0. The highest BCUT2D eigenvalue weighted by Gasteiger charge is 2.11. The first-order valence-electron chi connectivity index (χ1n) is 7.10. The molecule has 0 unspecified atom stereocenters. The van der Waals surface area contributed by atoms with Crippen LogP contribution in [-0.4, -0.2) is 42.8 Å². The number of hydrogen-bond acceptors (Lipinski definition) is 3. The van der Waals surface area contributed by atoms with Crippen LogP contribution in [0.2, 0.25) is 0 Å². The van der Waals surface area contributed by atoms with Gasteiger partial charge >= 0.3 is 0 Å². The topological polar surface area (TPSA) is 35.2 Å². The van der Waals surface area contributed by atoms with Crippen molar-refractivity contribution >= 4 is 5.69 Å². The van der Waals surface area contributed by atoms with Crippen LogP contribution in [0.3, 0.4) is 0 Å². The normalized spacial score (nSPS) is 11.1. The van der Waals surface area contributed by atoms with Crippen LogP contribution in [0.15, 0.2) is 30.5 Å². The fourth-order valence-electron chi connectivity index (χ4n) is 2.37. The maximum absolute atomic E-state index is 4.43. The number of anilines is 1. The highest BCUT2D eigenvalue weighted by Crippen LogP contribution is 2.25. The van der Waals surface area contributed by atoms with Crippen LogP contribution in [0, 0.1) is 0 Å². The van der Waals surface area contributed by atoms with E-state index in [4.69, 9.17) is 0 Å². The van der Waals surface area contributed by atoms with Gasteiger partial charge in [-0.3, -0.25) is 5.10 Å². The molecule has 0 saturated carbocycles. The molecule has 0 aliphatic carbocycles. The third kappa shape index (κ3) is 3.39. The predicted molar refractivity (Wildman–Crippen MR) is 85.0 cm³/mol. The van der Waals surface area contributed by atoms with E-state index in [0.717, 1.165) is 24.3 Å². The van der Waals surface area contributed by atoms with E-state index in [-0.39, 0.29) is 0 Å². The van der Waals surface area contributed by atoms with Crippen molar-refractivity contribution in [2.75, 3.05) is 32.6 Å². The molecule has 1 aromatic carbocycles. The number of rotatable bonds is 6. The molecule has 0 spiro atoms. The van der Waals surface area contributed by atoms with Gasteiger partial charge in [-0.15, -0.1) is 0 Å². The lowest BCUT2D eigenvalue weighted by molar-refractivity contribution is 0.328. The van der Waals surface area contributed by atoms with Gasteiger partial charge in [0, 0.05) is 43.7 Å². The van der Waals surface area contributed by atoms with E-state index in [2.05, 4.69) is 72.3 Å². The van der Waals surface area contributed by atoms with Gasteiger partial charge in [-0.2, -0.15) is 5.10 Å². The molecule has 0 saturated heterocycles. The molecule has 108 valence electrons. The molecule has 0 aliphatic heterocycles. The van der Waals surface area contributed by atoms with E-state index in [1.54, 1.807) is 0 Å². The van der Waals surface area contributed by atoms with Crippen molar-refractivity contribution in [2.45, 2.75) is 19.9 Å². The van der Waals surface area contributed by atoms with Gasteiger partial charge < -0.3 is 9.80 Å². The summed E-state index contributed by atoms with van der Waals surface area (Å²) in [7, 11) is 6.26. The summed E-state index contributed by atoms with van der Waals surface area (Å²) in [6.07, 6.45) is 3.17. The molecular weight excluding hydrogens is 248 g/mol. The Balaban J connectivity index is 2.25. The van der Waals surface area contributed by atoms with Crippen LogP contribution >= 0.6 is 0 Å². The highest BCUT2D eigenvalue weighted by molar-refractivity contribution is 5.67. The third-order valence-corrected chi connectivity index (χ3v) is 3.40. The molecule has 0 atom stereocenters. The molecule has 4 nitrogen and oxygen atoms in total. The van der Waals surface area contributed by atoms with Crippen molar-refractivity contribution in [2.24, 2.45) is 0 Å². The molecule has 1 heterocycles. The molecule has 1 aromatic heterocycles. The summed E-state index contributed by atoms with van der Waals surface area (Å²) in [5.41, 5.74) is 4.66. The molecule has 4 heteroatoms. The number of benzene rings is 1. The Kier molecular flexibility index (Phi) is 4.79. The van der Waals surface area contributed by atoms with Crippen molar-refractivity contribution in [3.63, 3.8) is 0 Å². The summed E-state index contributed by atoms with van der Waals surface area (Å²) in [6, 6.07) is 8.49. The van der Waals surface area contributed by atoms with E-state index in [1.807, 2.05) is 6.20 Å². The van der Waals surface area contributed by atoms with Gasteiger partial charge in [0.05, 0.1) is 5.69 Å². The minimum Gasteiger partial charge on any atom is -0.378 e. The smallest absolute Gasteiger partial charge is 0.0966 e. The first kappa shape index (κ1) is 14.6. The van der Waals surface area contributed by atoms with E-state index in [0.29, 0.717) is 0 Å². The summed E-state index contributed by atoms with van der Waals surface area (Å²) >= 11 is 0. The summed E-state index contributed by atoms with van der Waals surface area (Å²) in [5.74, 6) is 0. The van der Waals surface area contributed by atoms with Crippen molar-refractivity contribution in [3.05, 3.63) is 36.0 Å². The monoisotopic (exact) mass is 272 g/mol. The zero-order valence-electron chi connectivity index (χ0n) is 12.8. The second-order valence-electron chi connectivity index (χ2n) is 5.44. The highest BCUT2D eigenvalue weighted by atomic mass is 15.1. The molecule has 20 heavy (non-hydrogen) atoms. The van der Waals surface area contributed by atoms with Crippen LogP contribution in [0.4, 0.5) is 5.69 Å². The molecule has 2 aromatic rings. The molecule has 0 aliphatic rings. The Morgan fingerprint density at radius 2 is 2.00 bits per heavy atom. The maximum Gasteiger partial charge on any atom is 0.0966 e. The average molecular weight is 272 g/mol. The lowest BCUT2D eigenvalue weighted by Gasteiger charge is -2.16. The van der Waals surface area contributed by atoms with Crippen LogP contribution < -0.4 is 4.90 Å². The summed E-state index contributed by atoms with van der Waals surface area (Å²) in [5, 5.41) is 7.43. The quantitative estimate of drug-likeness (QED) is 0.878. The second kappa shape index (κ2) is 6.57. The minimum absolute atomic E-state index is 0.922. The molecular formula is C16H24N4. The Bertz CT molecular complexity index is 545. The standard InChI is InChI=1S/C16H24N4/c1-5-9-20(4)12-14-11-17-18-16(14)13-7-6-8-15(10-13)19(2)3/h6-8,10-11H,5,9,12H2,1-4H3,(H,17,18). The summed E-state index contributed by atoms with van der Waals surface area (Å²) in [6.45, 7) is 4.22. The number of hydrogen-bond donors (Lipinski definition) is 1. The molecule has 0 amide bonds. The van der Waals surface area contributed by atoms with Gasteiger partial charge in [-0.05, 0) is 32.1 Å². The number of nitrogens with one attached hydrogen (secondary N) is 1. The van der Waals surface area contributed by atoms with Gasteiger partial charge in [0.25, 0.3) is 0 Å². The third-order valence-electron chi connectivity index (χ3n) is 3.40. The molecule has 0 bridgehead atoms. The Morgan fingerprint density at radius 3 is 2.70 bits per heavy atom. The lowest BCUT2D eigenvalue weighted by Crippen LogP contribution is -2.18. The Morgan fingerprint density at radius 1 is 1.20 bits per heavy atom. The first-order valence-corrected chi connectivity index (χ1v) is 7.10. The van der Waals surface area contributed by atoms with Crippen molar-refractivity contribution in [1.29, 1.82) is 0 Å². The number of H-pyrrole nitrogens is 1. The minimum atomic E-state index is 0.922. The van der Waals surface area contributed by atoms with Crippen LogP contribution in [0.25, 0.3) is 11.3 Å². The molecule has 2 rings (SSSR count).